The average Bonchev–Trinajstić information content (AvgIpc) is 3.25. The van der Waals surface area contributed by atoms with Gasteiger partial charge in [-0.25, -0.2) is 12.8 Å². The molecule has 4 rings (SSSR count). The Morgan fingerprint density at radius 1 is 0.912 bits per heavy atom. The number of nitrogens with one attached hydrogen (secondary N) is 1. The third-order valence-corrected chi connectivity index (χ3v) is 8.99. The van der Waals surface area contributed by atoms with Crippen LogP contribution in [0, 0.1) is 0 Å². The number of hydrogen-bond acceptors (Lipinski definition) is 3. The standard InChI is InChI=1S/C21H18F7NO2S.C2H6/c22-19(20(23,24)25,21(26,27)28)14-7-8-16-13(12-14)6-9-17-18(16,10-11-29-17)32(30,31)15-4-2-1-3-5-15;1-2/h1-5,7-8,12,17,29H,6,9-11H2;1-2H3. The number of fused-ring (bicyclic) bond motifs is 3. The van der Waals surface area contributed by atoms with Crippen molar-refractivity contribution in [1.82, 2.24) is 5.32 Å². The van der Waals surface area contributed by atoms with Crippen molar-refractivity contribution in [2.75, 3.05) is 6.54 Å². The van der Waals surface area contributed by atoms with Crippen LogP contribution in [0.3, 0.4) is 0 Å². The highest BCUT2D eigenvalue weighted by Crippen LogP contribution is 2.55. The summed E-state index contributed by atoms with van der Waals surface area (Å²) in [6, 6.07) is 8.72. The molecule has 1 saturated heterocycles. The summed E-state index contributed by atoms with van der Waals surface area (Å²) in [4.78, 5) is -0.00366. The second-order valence-corrected chi connectivity index (χ2v) is 10.2. The van der Waals surface area contributed by atoms with E-state index in [1.54, 1.807) is 6.07 Å². The molecule has 1 fully saturated rings. The Hall–Kier alpha value is -2.14. The lowest BCUT2D eigenvalue weighted by Crippen LogP contribution is -2.51. The van der Waals surface area contributed by atoms with Crippen LogP contribution in [0.25, 0.3) is 0 Å². The van der Waals surface area contributed by atoms with Gasteiger partial charge in [-0.3, -0.25) is 0 Å². The lowest BCUT2D eigenvalue weighted by molar-refractivity contribution is -0.348. The summed E-state index contributed by atoms with van der Waals surface area (Å²) in [5.41, 5.74) is -7.09. The van der Waals surface area contributed by atoms with E-state index in [1.165, 1.54) is 24.3 Å². The number of hydrogen-bond donors (Lipinski definition) is 1. The molecule has 188 valence electrons. The average molecular weight is 512 g/mol. The number of alkyl halides is 7. The normalized spacial score (nSPS) is 22.9. The van der Waals surface area contributed by atoms with Crippen LogP contribution in [-0.2, 0) is 26.7 Å². The Bertz CT molecular complexity index is 1120. The van der Waals surface area contributed by atoms with Crippen LogP contribution in [0.1, 0.15) is 43.4 Å². The van der Waals surface area contributed by atoms with Gasteiger partial charge in [0.1, 0.15) is 4.75 Å². The maximum absolute atomic E-state index is 14.6. The summed E-state index contributed by atoms with van der Waals surface area (Å²) in [6.45, 7) is 4.30. The molecule has 0 saturated carbocycles. The lowest BCUT2D eigenvalue weighted by atomic mass is 9.77. The van der Waals surface area contributed by atoms with E-state index >= 15 is 0 Å². The predicted molar refractivity (Wildman–Crippen MR) is 113 cm³/mol. The van der Waals surface area contributed by atoms with Gasteiger partial charge in [0, 0.05) is 11.6 Å². The highest BCUT2D eigenvalue weighted by atomic mass is 32.2. The Morgan fingerprint density at radius 3 is 2.06 bits per heavy atom. The largest absolute Gasteiger partial charge is 0.435 e. The zero-order valence-electron chi connectivity index (χ0n) is 18.4. The summed E-state index contributed by atoms with van der Waals surface area (Å²) < 4.78 is 120. The van der Waals surface area contributed by atoms with E-state index in [4.69, 9.17) is 0 Å². The van der Waals surface area contributed by atoms with Crippen LogP contribution < -0.4 is 5.32 Å². The first-order valence-electron chi connectivity index (χ1n) is 10.8. The number of sulfone groups is 1. The Kier molecular flexibility index (Phi) is 6.86. The van der Waals surface area contributed by atoms with E-state index in [1.807, 2.05) is 13.8 Å². The maximum Gasteiger partial charge on any atom is 0.435 e. The molecule has 34 heavy (non-hydrogen) atoms. The van der Waals surface area contributed by atoms with Gasteiger partial charge in [-0.2, -0.15) is 26.3 Å². The molecular formula is C23H24F7NO2S. The van der Waals surface area contributed by atoms with Crippen LogP contribution in [0.2, 0.25) is 0 Å². The Morgan fingerprint density at radius 2 is 1.50 bits per heavy atom. The lowest BCUT2D eigenvalue weighted by Gasteiger charge is -2.41. The fraction of sp³-hybridized carbons (Fsp3) is 0.478. The summed E-state index contributed by atoms with van der Waals surface area (Å²) in [5, 5.41) is 3.10. The predicted octanol–water partition coefficient (Wildman–Crippen LogP) is 5.98. The second kappa shape index (κ2) is 8.82. The molecule has 2 atom stereocenters. The van der Waals surface area contributed by atoms with Gasteiger partial charge >= 0.3 is 18.0 Å². The molecule has 2 aromatic carbocycles. The third-order valence-electron chi connectivity index (χ3n) is 6.43. The quantitative estimate of drug-likeness (QED) is 0.516. The molecule has 0 aromatic heterocycles. The van der Waals surface area contributed by atoms with Crippen molar-refractivity contribution in [1.29, 1.82) is 0 Å². The molecule has 1 aliphatic carbocycles. The van der Waals surface area contributed by atoms with Crippen molar-refractivity contribution in [2.45, 2.75) is 66.8 Å². The van der Waals surface area contributed by atoms with Gasteiger partial charge in [-0.1, -0.05) is 50.2 Å². The van der Waals surface area contributed by atoms with Gasteiger partial charge < -0.3 is 5.32 Å². The van der Waals surface area contributed by atoms with Gasteiger partial charge in [-0.15, -0.1) is 0 Å². The minimum atomic E-state index is -6.24. The van der Waals surface area contributed by atoms with Crippen molar-refractivity contribution >= 4 is 9.84 Å². The molecular weight excluding hydrogens is 487 g/mol. The summed E-state index contributed by atoms with van der Waals surface area (Å²) in [7, 11) is -4.08. The number of rotatable bonds is 3. The number of aryl methyl sites for hydroxylation is 1. The molecule has 2 aliphatic rings. The van der Waals surface area contributed by atoms with Gasteiger partial charge in [0.25, 0.3) is 0 Å². The van der Waals surface area contributed by atoms with Crippen LogP contribution in [0.15, 0.2) is 53.4 Å². The van der Waals surface area contributed by atoms with E-state index < -0.39 is 44.2 Å². The van der Waals surface area contributed by atoms with Crippen LogP contribution in [-0.4, -0.2) is 33.4 Å². The zero-order valence-corrected chi connectivity index (χ0v) is 19.2. The second-order valence-electron chi connectivity index (χ2n) is 8.03. The van der Waals surface area contributed by atoms with Crippen molar-refractivity contribution in [3.05, 3.63) is 65.2 Å². The number of benzene rings is 2. The smallest absolute Gasteiger partial charge is 0.312 e. The van der Waals surface area contributed by atoms with Gasteiger partial charge in [0.15, 0.2) is 9.84 Å². The molecule has 1 heterocycles. The Labute approximate surface area is 193 Å². The Balaban J connectivity index is 0.00000158. The minimum Gasteiger partial charge on any atom is -0.312 e. The SMILES string of the molecule is CC.O=S(=O)(c1ccccc1)C12CCNC1CCc1cc(C(F)(C(F)(F)F)C(F)(F)F)ccc12. The first-order valence-corrected chi connectivity index (χ1v) is 12.2. The molecule has 0 spiro atoms. The molecule has 2 aromatic rings. The van der Waals surface area contributed by atoms with Crippen molar-refractivity contribution in [3.8, 4) is 0 Å². The molecule has 11 heteroatoms. The zero-order chi connectivity index (χ0) is 25.6. The van der Waals surface area contributed by atoms with E-state index in [0.29, 0.717) is 18.7 Å². The van der Waals surface area contributed by atoms with Crippen LogP contribution in [0.5, 0.6) is 0 Å². The monoisotopic (exact) mass is 511 g/mol. The summed E-state index contributed by atoms with van der Waals surface area (Å²) in [5.74, 6) is 0. The van der Waals surface area contributed by atoms with Crippen molar-refractivity contribution < 1.29 is 39.2 Å². The third kappa shape index (κ3) is 3.71. The molecule has 0 bridgehead atoms. The first kappa shape index (κ1) is 26.5. The van der Waals surface area contributed by atoms with Crippen molar-refractivity contribution in [2.24, 2.45) is 0 Å². The summed E-state index contributed by atoms with van der Waals surface area (Å²) >= 11 is 0. The van der Waals surface area contributed by atoms with Crippen molar-refractivity contribution in [3.63, 3.8) is 0 Å². The fourth-order valence-corrected chi connectivity index (χ4v) is 7.29. The molecule has 3 nitrogen and oxygen atoms in total. The minimum absolute atomic E-state index is 0.00366. The van der Waals surface area contributed by atoms with E-state index in [9.17, 15) is 39.2 Å². The van der Waals surface area contributed by atoms with Crippen LogP contribution in [0.4, 0.5) is 30.7 Å². The topological polar surface area (TPSA) is 46.2 Å². The van der Waals surface area contributed by atoms with E-state index in [0.717, 1.165) is 6.07 Å². The van der Waals surface area contributed by atoms with Crippen LogP contribution >= 0.6 is 0 Å². The molecule has 1 N–H and O–H groups in total. The fourth-order valence-electron chi connectivity index (χ4n) is 4.92. The van der Waals surface area contributed by atoms with Gasteiger partial charge in [0.2, 0.25) is 0 Å². The molecule has 2 unspecified atom stereocenters. The van der Waals surface area contributed by atoms with E-state index in [-0.39, 0.29) is 35.3 Å². The first-order chi connectivity index (χ1) is 15.8. The molecule has 0 radical (unpaired) electrons. The highest BCUT2D eigenvalue weighted by Gasteiger charge is 2.73. The molecule has 0 amide bonds. The number of halogens is 7. The molecule has 1 aliphatic heterocycles. The summed E-state index contributed by atoms with van der Waals surface area (Å²) in [6.07, 6.45) is -12.2. The van der Waals surface area contributed by atoms with E-state index in [2.05, 4.69) is 5.32 Å². The van der Waals surface area contributed by atoms with Gasteiger partial charge in [-0.05, 0) is 49.1 Å². The highest BCUT2D eigenvalue weighted by molar-refractivity contribution is 7.92. The maximum atomic E-state index is 14.6. The van der Waals surface area contributed by atoms with Gasteiger partial charge in [0.05, 0.1) is 4.90 Å².